The van der Waals surface area contributed by atoms with Crippen LogP contribution in [0.15, 0.2) is 74.1 Å². The molecule has 0 radical (unpaired) electrons. The van der Waals surface area contributed by atoms with Gasteiger partial charge in [0.1, 0.15) is 5.76 Å². The highest BCUT2D eigenvalue weighted by atomic mass is 79.9. The molecule has 0 spiro atoms. The first-order chi connectivity index (χ1) is 13.5. The second kappa shape index (κ2) is 7.43. The van der Waals surface area contributed by atoms with Crippen LogP contribution < -0.4 is 5.32 Å². The van der Waals surface area contributed by atoms with Crippen LogP contribution in [-0.4, -0.2) is 18.9 Å². The molecular weight excluding hydrogens is 422 g/mol. The maximum absolute atomic E-state index is 13.2. The van der Waals surface area contributed by atoms with E-state index in [1.165, 1.54) is 7.11 Å². The van der Waals surface area contributed by atoms with Crippen LogP contribution in [0.5, 0.6) is 0 Å². The summed E-state index contributed by atoms with van der Waals surface area (Å²) in [7, 11) is 1.36. The summed E-state index contributed by atoms with van der Waals surface area (Å²) < 4.78 is 11.5. The second-order valence-corrected chi connectivity index (χ2v) is 7.99. The van der Waals surface area contributed by atoms with E-state index in [-0.39, 0.29) is 11.7 Å². The number of benzene rings is 1. The van der Waals surface area contributed by atoms with Gasteiger partial charge >= 0.3 is 5.97 Å². The number of carbonyl (C=O) groups excluding carboxylic acids is 2. The van der Waals surface area contributed by atoms with Crippen LogP contribution >= 0.6 is 15.9 Å². The van der Waals surface area contributed by atoms with Crippen molar-refractivity contribution in [1.29, 1.82) is 0 Å². The number of hydrogen-bond acceptors (Lipinski definition) is 5. The molecule has 0 bridgehead atoms. The summed E-state index contributed by atoms with van der Waals surface area (Å²) in [5.74, 6) is -0.0618. The third-order valence-electron chi connectivity index (χ3n) is 5.36. The minimum absolute atomic E-state index is 0.00983. The van der Waals surface area contributed by atoms with Gasteiger partial charge in [0, 0.05) is 39.7 Å². The van der Waals surface area contributed by atoms with Gasteiger partial charge in [-0.15, -0.1) is 0 Å². The van der Waals surface area contributed by atoms with Crippen LogP contribution in [0.1, 0.15) is 42.9 Å². The number of ketones is 1. The first-order valence-corrected chi connectivity index (χ1v) is 9.90. The summed E-state index contributed by atoms with van der Waals surface area (Å²) in [6.45, 7) is 1.85. The Morgan fingerprint density at radius 3 is 2.75 bits per heavy atom. The SMILES string of the molecule is COC(=O)C1=C(C)NC2=C(C(=O)CC(c3ccco3)C2)C1c1cccc(Br)c1. The van der Waals surface area contributed by atoms with Crippen LogP contribution in [-0.2, 0) is 14.3 Å². The molecular formula is C22H20BrNO4. The van der Waals surface area contributed by atoms with Crippen LogP contribution in [0, 0.1) is 0 Å². The molecule has 0 saturated carbocycles. The van der Waals surface area contributed by atoms with E-state index in [9.17, 15) is 9.59 Å². The molecule has 2 atom stereocenters. The molecule has 2 unspecified atom stereocenters. The van der Waals surface area contributed by atoms with Crippen LogP contribution in [0.25, 0.3) is 0 Å². The molecule has 1 aromatic carbocycles. The van der Waals surface area contributed by atoms with Crippen molar-refractivity contribution >= 4 is 27.7 Å². The molecule has 2 aliphatic rings. The summed E-state index contributed by atoms with van der Waals surface area (Å²) in [6, 6.07) is 11.5. The zero-order valence-electron chi connectivity index (χ0n) is 15.6. The molecule has 4 rings (SSSR count). The van der Waals surface area contributed by atoms with Gasteiger partial charge in [-0.1, -0.05) is 28.1 Å². The lowest BCUT2D eigenvalue weighted by atomic mass is 9.72. The zero-order valence-corrected chi connectivity index (χ0v) is 17.2. The Kier molecular flexibility index (Phi) is 4.98. The maximum atomic E-state index is 13.2. The number of halogens is 1. The molecule has 28 heavy (non-hydrogen) atoms. The van der Waals surface area contributed by atoms with Gasteiger partial charge in [0.05, 0.1) is 18.9 Å². The molecule has 0 fully saturated rings. The Balaban J connectivity index is 1.83. The Morgan fingerprint density at radius 1 is 1.25 bits per heavy atom. The molecule has 2 aromatic rings. The highest BCUT2D eigenvalue weighted by Gasteiger charge is 2.41. The molecule has 2 heterocycles. The van der Waals surface area contributed by atoms with E-state index in [2.05, 4.69) is 21.2 Å². The van der Waals surface area contributed by atoms with Crippen LogP contribution in [0.2, 0.25) is 0 Å². The second-order valence-electron chi connectivity index (χ2n) is 7.08. The number of nitrogens with one attached hydrogen (secondary N) is 1. The highest BCUT2D eigenvalue weighted by Crippen LogP contribution is 2.45. The Labute approximate surface area is 171 Å². The summed E-state index contributed by atoms with van der Waals surface area (Å²) in [5, 5.41) is 3.30. The number of allylic oxidation sites excluding steroid dienone is 3. The first kappa shape index (κ1) is 18.7. The number of dihydropyridines is 1. The lowest BCUT2D eigenvalue weighted by Crippen LogP contribution is -2.35. The van der Waals surface area contributed by atoms with E-state index in [1.54, 1.807) is 6.26 Å². The first-order valence-electron chi connectivity index (χ1n) is 9.10. The summed E-state index contributed by atoms with van der Waals surface area (Å²) in [4.78, 5) is 25.8. The quantitative estimate of drug-likeness (QED) is 0.706. The molecule has 1 N–H and O–H groups in total. The third-order valence-corrected chi connectivity index (χ3v) is 5.85. The summed E-state index contributed by atoms with van der Waals surface area (Å²) in [5.41, 5.74) is 3.57. The van der Waals surface area contributed by atoms with Gasteiger partial charge in [-0.3, -0.25) is 4.79 Å². The molecule has 6 heteroatoms. The van der Waals surface area contributed by atoms with E-state index in [0.717, 1.165) is 21.5 Å². The predicted octanol–water partition coefficient (Wildman–Crippen LogP) is 4.58. The van der Waals surface area contributed by atoms with E-state index in [4.69, 9.17) is 9.15 Å². The minimum Gasteiger partial charge on any atom is -0.469 e. The van der Waals surface area contributed by atoms with Gasteiger partial charge < -0.3 is 14.5 Å². The van der Waals surface area contributed by atoms with Crippen LogP contribution in [0.4, 0.5) is 0 Å². The number of methoxy groups -OCH3 is 1. The highest BCUT2D eigenvalue weighted by molar-refractivity contribution is 9.10. The van der Waals surface area contributed by atoms with Gasteiger partial charge in [0.15, 0.2) is 5.78 Å². The number of hydrogen-bond donors (Lipinski definition) is 1. The lowest BCUT2D eigenvalue weighted by molar-refractivity contribution is -0.136. The molecule has 1 aliphatic heterocycles. The summed E-state index contributed by atoms with van der Waals surface area (Å²) in [6.07, 6.45) is 2.64. The Hall–Kier alpha value is -2.60. The molecule has 5 nitrogen and oxygen atoms in total. The lowest BCUT2D eigenvalue weighted by Gasteiger charge is -2.36. The number of esters is 1. The maximum Gasteiger partial charge on any atom is 0.336 e. The van der Waals surface area contributed by atoms with E-state index < -0.39 is 11.9 Å². The Morgan fingerprint density at radius 2 is 2.07 bits per heavy atom. The monoisotopic (exact) mass is 441 g/mol. The molecule has 0 saturated heterocycles. The molecule has 1 aliphatic carbocycles. The van der Waals surface area contributed by atoms with Crippen LogP contribution in [0.3, 0.4) is 0 Å². The molecule has 144 valence electrons. The average Bonchev–Trinajstić information content (AvgIpc) is 3.21. The van der Waals surface area contributed by atoms with E-state index in [1.807, 2.05) is 43.3 Å². The molecule has 0 amide bonds. The third kappa shape index (κ3) is 3.22. The van der Waals surface area contributed by atoms with Crippen molar-refractivity contribution in [3.63, 3.8) is 0 Å². The van der Waals surface area contributed by atoms with Crippen molar-refractivity contribution in [2.45, 2.75) is 31.6 Å². The number of ether oxygens (including phenoxy) is 1. The van der Waals surface area contributed by atoms with Crippen molar-refractivity contribution in [3.8, 4) is 0 Å². The van der Waals surface area contributed by atoms with Gasteiger partial charge in [-0.25, -0.2) is 4.79 Å². The van der Waals surface area contributed by atoms with Crippen molar-refractivity contribution in [2.75, 3.05) is 7.11 Å². The fourth-order valence-corrected chi connectivity index (χ4v) is 4.58. The van der Waals surface area contributed by atoms with Gasteiger partial charge in [-0.05, 0) is 43.2 Å². The normalized spacial score (nSPS) is 22.0. The largest absolute Gasteiger partial charge is 0.469 e. The fraction of sp³-hybridized carbons (Fsp3) is 0.273. The number of furan rings is 1. The standard InChI is InChI=1S/C22H20BrNO4/c1-12-19(22(26)27-2)20(13-5-3-6-15(23)9-13)21-16(24-12)10-14(11-17(21)25)18-7-4-8-28-18/h3-9,14,20,24H,10-11H2,1-2H3. The van der Waals surface area contributed by atoms with E-state index in [0.29, 0.717) is 29.7 Å². The van der Waals surface area contributed by atoms with Gasteiger partial charge in [0.25, 0.3) is 0 Å². The summed E-state index contributed by atoms with van der Waals surface area (Å²) >= 11 is 3.50. The molecule has 1 aromatic heterocycles. The number of carbonyl (C=O) groups is 2. The van der Waals surface area contributed by atoms with Gasteiger partial charge in [-0.2, -0.15) is 0 Å². The minimum atomic E-state index is -0.453. The zero-order chi connectivity index (χ0) is 19.8. The smallest absolute Gasteiger partial charge is 0.336 e. The topological polar surface area (TPSA) is 68.5 Å². The van der Waals surface area contributed by atoms with Crippen molar-refractivity contribution in [2.24, 2.45) is 0 Å². The van der Waals surface area contributed by atoms with Crippen molar-refractivity contribution < 1.29 is 18.7 Å². The Bertz CT molecular complexity index is 1000. The fourth-order valence-electron chi connectivity index (χ4n) is 4.16. The van der Waals surface area contributed by atoms with Crippen molar-refractivity contribution in [3.05, 3.63) is 81.0 Å². The predicted molar refractivity (Wildman–Crippen MR) is 107 cm³/mol. The van der Waals surface area contributed by atoms with E-state index >= 15 is 0 Å². The average molecular weight is 442 g/mol. The van der Waals surface area contributed by atoms with Crippen molar-refractivity contribution in [1.82, 2.24) is 5.32 Å². The number of rotatable bonds is 3. The van der Waals surface area contributed by atoms with Gasteiger partial charge in [0.2, 0.25) is 0 Å². The number of Topliss-reactive ketones (excluding diaryl/α,β-unsaturated/α-hetero) is 1.